The van der Waals surface area contributed by atoms with Crippen LogP contribution >= 0.6 is 99.9 Å². The molecule has 6 aromatic rings. The van der Waals surface area contributed by atoms with Crippen molar-refractivity contribution in [1.29, 1.82) is 0 Å². The highest BCUT2D eigenvalue weighted by Gasteiger charge is 2.57. The maximum atomic E-state index is 15.9. The molecule has 0 saturated carbocycles. The summed E-state index contributed by atoms with van der Waals surface area (Å²) in [5, 5.41) is 0. The molecule has 0 N–H and O–H groups in total. The molecule has 6 aliphatic rings. The van der Waals surface area contributed by atoms with Gasteiger partial charge in [0.05, 0.1) is 94.6 Å². The molecule has 0 radical (unpaired) electrons. The number of carbonyl (C=O) groups is 4. The Morgan fingerprint density at radius 1 is 0.261 bits per heavy atom. The zero-order chi connectivity index (χ0) is 98.0. The second-order valence-corrected chi connectivity index (χ2v) is 52.0. The predicted molar refractivity (Wildman–Crippen MR) is 610 cm³/mol. The van der Waals surface area contributed by atoms with E-state index in [0.717, 1.165) is 129 Å². The zero-order valence-electron chi connectivity index (χ0n) is 87.4. The van der Waals surface area contributed by atoms with Crippen LogP contribution in [0.15, 0.2) is 103 Å². The van der Waals surface area contributed by atoms with Crippen LogP contribution in [0.4, 0.5) is 0 Å². The molecule has 0 aromatic carbocycles. The first-order valence-electron chi connectivity index (χ1n) is 54.3. The molecule has 6 aromatic heterocycles. The molecule has 0 spiro atoms. The fourth-order valence-electron chi connectivity index (χ4n) is 20.3. The van der Waals surface area contributed by atoms with Gasteiger partial charge in [0.15, 0.2) is 0 Å². The lowest BCUT2D eigenvalue weighted by Crippen LogP contribution is -2.41. The van der Waals surface area contributed by atoms with Crippen LogP contribution in [0, 0.1) is 37.5 Å². The molecule has 4 unspecified atom stereocenters. The third-order valence-electron chi connectivity index (χ3n) is 29.9. The van der Waals surface area contributed by atoms with Gasteiger partial charge in [0.2, 0.25) is 0 Å². The van der Waals surface area contributed by atoms with Gasteiger partial charge in [0.25, 0.3) is 23.6 Å². The number of carbonyl (C=O) groups excluding carboxylic acids is 4. The fraction of sp³-hybridized carbons (Fsp3) is 0.690. The lowest BCUT2D eigenvalue weighted by molar-refractivity contribution is -0.124. The molecule has 22 heteroatoms. The van der Waals surface area contributed by atoms with Crippen molar-refractivity contribution in [2.75, 3.05) is 26.2 Å². The average molecular weight is 2130 g/mol. The normalized spacial score (nSPS) is 17.4. The van der Waals surface area contributed by atoms with Crippen molar-refractivity contribution >= 4 is 170 Å². The highest BCUT2D eigenvalue weighted by Crippen LogP contribution is 2.54. The number of halogens is 2. The number of fused-ring (bicyclic) bond motifs is 2. The molecule has 770 valence electrons. The van der Waals surface area contributed by atoms with Gasteiger partial charge >= 0.3 is 14.2 Å². The third kappa shape index (κ3) is 33.5. The maximum Gasteiger partial charge on any atom is 0.505 e. The Morgan fingerprint density at radius 2 is 0.457 bits per heavy atom. The van der Waals surface area contributed by atoms with Gasteiger partial charge in [-0.15, -0.1) is 68.0 Å². The Morgan fingerprint density at radius 3 is 0.688 bits per heavy atom. The lowest BCUT2D eigenvalue weighted by atomic mass is 9.88. The van der Waals surface area contributed by atoms with Crippen LogP contribution in [-0.4, -0.2) is 106 Å². The molecule has 6 aliphatic heterocycles. The highest BCUT2D eigenvalue weighted by atomic mass is 79.9. The van der Waals surface area contributed by atoms with Gasteiger partial charge in [-0.1, -0.05) is 339 Å². The van der Waals surface area contributed by atoms with Gasteiger partial charge in [-0.05, 0) is 237 Å². The second-order valence-electron chi connectivity index (χ2n) is 42.3. The summed E-state index contributed by atoms with van der Waals surface area (Å²) in [5.41, 5.74) is 3.83. The summed E-state index contributed by atoms with van der Waals surface area (Å²) in [6.45, 7) is 41.8. The molecular weight excluding hydrogens is 1950 g/mol. The van der Waals surface area contributed by atoms with E-state index < -0.39 is 36.6 Å². The smallest absolute Gasteiger partial charge is 0.399 e. The quantitative estimate of drug-likeness (QED) is 0.0274. The van der Waals surface area contributed by atoms with Crippen LogP contribution in [0.3, 0.4) is 0 Å². The van der Waals surface area contributed by atoms with Crippen LogP contribution < -0.4 is 9.55 Å². The van der Waals surface area contributed by atoms with Crippen LogP contribution in [0.25, 0.3) is 32.5 Å². The first-order valence-corrected chi connectivity index (χ1v) is 60.8. The van der Waals surface area contributed by atoms with Gasteiger partial charge in [-0.25, -0.2) is 0 Å². The number of rotatable bonds is 63. The first kappa shape index (κ1) is 119. The number of amides is 4. The van der Waals surface area contributed by atoms with Crippen molar-refractivity contribution in [3.63, 3.8) is 0 Å². The van der Waals surface area contributed by atoms with Crippen molar-refractivity contribution in [3.8, 4) is 9.75 Å². The molecule has 4 atom stereocenters. The minimum atomic E-state index is -0.532. The van der Waals surface area contributed by atoms with Gasteiger partial charge in [0.1, 0.15) is 0 Å². The molecular formula is C116H182B2Br2N4O8S6. The van der Waals surface area contributed by atoms with E-state index in [1.807, 2.05) is 33.3 Å². The van der Waals surface area contributed by atoms with Gasteiger partial charge in [-0.2, -0.15) is 0 Å². The van der Waals surface area contributed by atoms with Crippen molar-refractivity contribution in [1.82, 2.24) is 19.6 Å². The Hall–Kier alpha value is -4.03. The number of thiophene rings is 6. The first-order chi connectivity index (χ1) is 65.5. The minimum absolute atomic E-state index is 0. The van der Waals surface area contributed by atoms with Crippen molar-refractivity contribution < 1.29 is 37.8 Å². The Kier molecular flexibility index (Phi) is 52.1. The topological polar surface area (TPSA) is 118 Å². The second kappa shape index (κ2) is 60.3. The monoisotopic (exact) mass is 2130 g/mol. The molecule has 138 heavy (non-hydrogen) atoms. The number of hydrogen-bond donors (Lipinski definition) is 0. The summed E-state index contributed by atoms with van der Waals surface area (Å²) >= 11 is 16.8. The standard InChI is InChI=1S/C58H94B2N2O6S2.C52H78N2O2S3.C4H2Br2S.2CH4/c1-13-17-21-25-27-31-35-43(33-29-23-19-15-3)41-61-51(45-37-39-47(69-45)59-65-55(5,6)56(7,8)66-59)49-50(53(61)63)52(46-38-40-48(70-46)60-67-57(9,10)58(11,12)68-60)62(54(49)64)42-44(34-30-24-20-16-4)36-32-28-26-22-18-14-2;1-7-11-15-19-21-25-29-41(27-23-17-13-9-3)37-53-49(45-34-32-40(6)58-45)47-48(52(53)56)50(46-36-35-44(59-46)43-33-31-39(5)57-43)54(51(47)55)38-42(28-24-18-14-10-4)30-26-22-20-16-12-8-2;5-3-1-2-4(6)7-3;;/h37-40,43-44H,13-36,41-42H2,1-12H3;31-36,41-42H,7-30,37-38H2,1-6H3;1-2H;2*1H4. The predicted octanol–water partition coefficient (Wildman–Crippen LogP) is 36.1. The Bertz CT molecular complexity index is 4590. The minimum Gasteiger partial charge on any atom is -0.399 e. The molecule has 12 heterocycles. The van der Waals surface area contributed by atoms with Crippen molar-refractivity contribution in [2.45, 2.75) is 470 Å². The van der Waals surface area contributed by atoms with Gasteiger partial charge in [0, 0.05) is 55.2 Å². The molecule has 12 nitrogen and oxygen atoms in total. The van der Waals surface area contributed by atoms with Crippen molar-refractivity contribution in [2.24, 2.45) is 23.7 Å². The van der Waals surface area contributed by atoms with E-state index in [-0.39, 0.29) is 38.5 Å². The summed E-state index contributed by atoms with van der Waals surface area (Å²) in [5.74, 6) is 1.53. The molecule has 2 saturated heterocycles. The summed E-state index contributed by atoms with van der Waals surface area (Å²) in [4.78, 5) is 79.7. The lowest BCUT2D eigenvalue weighted by Gasteiger charge is -2.32. The number of aryl methyl sites for hydroxylation is 2. The summed E-state index contributed by atoms with van der Waals surface area (Å²) in [7, 11) is -1.06. The molecule has 4 amide bonds. The third-order valence-corrected chi connectivity index (χ3v) is 37.6. The van der Waals surface area contributed by atoms with Crippen LogP contribution in [0.1, 0.15) is 463 Å². The van der Waals surface area contributed by atoms with E-state index in [9.17, 15) is 0 Å². The number of hydrogen-bond acceptors (Lipinski definition) is 14. The zero-order valence-corrected chi connectivity index (χ0v) is 95.5. The number of unbranched alkanes of at least 4 members (excludes halogenated alkanes) is 32. The molecule has 2 fully saturated rings. The van der Waals surface area contributed by atoms with E-state index >= 15 is 19.2 Å². The highest BCUT2D eigenvalue weighted by molar-refractivity contribution is 9.12. The van der Waals surface area contributed by atoms with Crippen LogP contribution in [0.5, 0.6) is 0 Å². The SMILES string of the molecule is Brc1ccc(Br)s1.C.C.CCCCCCCCC(CCCCCC)CN1C(=O)C2=C(c3ccc(-c4ccc(C)s4)s3)N(CC(CCCCCC)CCCCCCCC)C(=O)C2=C1c1ccc(C)s1.CCCCCCCCC(CCCCCC)CN1C(=O)C2=C(c3ccc(B4OC(C)(C)C(C)(C)O4)s3)N(CC(CCCCCC)CCCCCCCC)C(=O)C2=C1c1ccc(B2OC(C)(C)C(C)(C)O2)s1. The molecule has 0 bridgehead atoms. The van der Waals surface area contributed by atoms with Crippen molar-refractivity contribution in [3.05, 3.63) is 132 Å². The Balaban J connectivity index is 0.000000315. The summed E-state index contributed by atoms with van der Waals surface area (Å²) in [6, 6.07) is 25.6. The van der Waals surface area contributed by atoms with E-state index in [1.165, 1.54) is 258 Å². The van der Waals surface area contributed by atoms with Crippen LogP contribution in [-0.2, 0) is 37.8 Å². The van der Waals surface area contributed by atoms with E-state index in [2.05, 4.69) is 227 Å². The molecule has 12 rings (SSSR count). The fourth-order valence-corrected chi connectivity index (χ4v) is 27.7. The summed E-state index contributed by atoms with van der Waals surface area (Å²) in [6.07, 6.45) is 58.7. The van der Waals surface area contributed by atoms with Gasteiger partial charge < -0.3 is 38.2 Å². The van der Waals surface area contributed by atoms with Crippen LogP contribution in [0.2, 0.25) is 0 Å². The Labute approximate surface area is 881 Å². The summed E-state index contributed by atoms with van der Waals surface area (Å²) < 4.78 is 30.6. The average Bonchev–Trinajstić information content (AvgIpc) is 1.55. The van der Waals surface area contributed by atoms with Gasteiger partial charge in [-0.3, -0.25) is 19.2 Å². The molecule has 0 aliphatic carbocycles. The number of nitrogens with zero attached hydrogens (tertiary/aromatic N) is 4. The van der Waals surface area contributed by atoms with E-state index in [1.54, 1.807) is 56.7 Å². The van der Waals surface area contributed by atoms with E-state index in [0.29, 0.717) is 72.1 Å². The maximum absolute atomic E-state index is 15.9. The largest absolute Gasteiger partial charge is 0.505 e. The van der Waals surface area contributed by atoms with E-state index in [4.69, 9.17) is 18.6 Å².